The first-order valence-electron chi connectivity index (χ1n) is 5.76. The van der Waals surface area contributed by atoms with Crippen molar-refractivity contribution in [3.8, 4) is 0 Å². The molecular weight excluding hydrogens is 254 g/mol. The fourth-order valence-corrected chi connectivity index (χ4v) is 1.85. The minimum absolute atomic E-state index is 0.00281. The van der Waals surface area contributed by atoms with Crippen molar-refractivity contribution in [3.63, 3.8) is 0 Å². The van der Waals surface area contributed by atoms with E-state index in [1.165, 1.54) is 0 Å². The number of aliphatic hydroxyl groups is 1. The topological polar surface area (TPSA) is 58.6 Å². The van der Waals surface area contributed by atoms with Gasteiger partial charge in [0.05, 0.1) is 12.6 Å². The lowest BCUT2D eigenvalue weighted by Gasteiger charge is -2.17. The summed E-state index contributed by atoms with van der Waals surface area (Å²) in [5.41, 5.74) is 1.29. The van der Waals surface area contributed by atoms with E-state index in [9.17, 15) is 4.79 Å². The minimum Gasteiger partial charge on any atom is -0.396 e. The van der Waals surface area contributed by atoms with Crippen LogP contribution in [-0.4, -0.2) is 37.4 Å². The molecule has 1 amide bonds. The van der Waals surface area contributed by atoms with Crippen molar-refractivity contribution in [2.45, 2.75) is 19.4 Å². The van der Waals surface area contributed by atoms with Gasteiger partial charge in [0.1, 0.15) is 0 Å². The summed E-state index contributed by atoms with van der Waals surface area (Å²) in [6.45, 7) is 2.17. The normalized spacial score (nSPS) is 12.2. The van der Waals surface area contributed by atoms with E-state index in [1.807, 2.05) is 0 Å². The van der Waals surface area contributed by atoms with Gasteiger partial charge in [-0.05, 0) is 31.0 Å². The van der Waals surface area contributed by atoms with Gasteiger partial charge < -0.3 is 15.2 Å². The average molecular weight is 272 g/mol. The standard InChI is InChI=1S/C13H18ClNO3/c1-9-11(4-3-5-12(9)14)13(17)15-10(6-7-16)8-18-2/h3-5,10,16H,6-8H2,1-2H3,(H,15,17). The molecule has 1 rings (SSSR count). The third-order valence-electron chi connectivity index (χ3n) is 2.69. The second-order valence-electron chi connectivity index (χ2n) is 4.05. The molecule has 5 heteroatoms. The average Bonchev–Trinajstić information content (AvgIpc) is 2.33. The lowest BCUT2D eigenvalue weighted by molar-refractivity contribution is 0.0878. The lowest BCUT2D eigenvalue weighted by atomic mass is 10.1. The van der Waals surface area contributed by atoms with Gasteiger partial charge >= 0.3 is 0 Å². The second-order valence-corrected chi connectivity index (χ2v) is 4.46. The van der Waals surface area contributed by atoms with Crippen molar-refractivity contribution < 1.29 is 14.6 Å². The van der Waals surface area contributed by atoms with E-state index in [4.69, 9.17) is 21.4 Å². The molecule has 1 atom stereocenters. The molecular formula is C13H18ClNO3. The SMILES string of the molecule is COCC(CCO)NC(=O)c1cccc(Cl)c1C. The molecule has 0 saturated heterocycles. The molecule has 1 aromatic carbocycles. The Morgan fingerprint density at radius 1 is 1.56 bits per heavy atom. The molecule has 0 saturated carbocycles. The molecule has 1 unspecified atom stereocenters. The van der Waals surface area contributed by atoms with E-state index >= 15 is 0 Å². The van der Waals surface area contributed by atoms with Crippen LogP contribution < -0.4 is 5.32 Å². The number of carbonyl (C=O) groups is 1. The first kappa shape index (κ1) is 15.0. The van der Waals surface area contributed by atoms with Gasteiger partial charge in [-0.1, -0.05) is 17.7 Å². The zero-order valence-electron chi connectivity index (χ0n) is 10.6. The van der Waals surface area contributed by atoms with Crippen molar-refractivity contribution in [1.29, 1.82) is 0 Å². The first-order chi connectivity index (χ1) is 8.60. The van der Waals surface area contributed by atoms with Crippen LogP contribution in [0.1, 0.15) is 22.3 Å². The fraction of sp³-hybridized carbons (Fsp3) is 0.462. The summed E-state index contributed by atoms with van der Waals surface area (Å²) in [4.78, 5) is 12.1. The van der Waals surface area contributed by atoms with Crippen LogP contribution in [0.4, 0.5) is 0 Å². The third kappa shape index (κ3) is 3.98. The Morgan fingerprint density at radius 2 is 2.28 bits per heavy atom. The number of amides is 1. The number of ether oxygens (including phenoxy) is 1. The molecule has 4 nitrogen and oxygen atoms in total. The predicted octanol–water partition coefficient (Wildman–Crippen LogP) is 1.78. The number of rotatable bonds is 6. The molecule has 0 radical (unpaired) electrons. The van der Waals surface area contributed by atoms with Gasteiger partial charge in [0.15, 0.2) is 0 Å². The van der Waals surface area contributed by atoms with Crippen LogP contribution in [-0.2, 0) is 4.74 Å². The van der Waals surface area contributed by atoms with Gasteiger partial charge in [0, 0.05) is 24.3 Å². The van der Waals surface area contributed by atoms with Crippen molar-refractivity contribution in [2.24, 2.45) is 0 Å². The highest BCUT2D eigenvalue weighted by Crippen LogP contribution is 2.18. The molecule has 2 N–H and O–H groups in total. The summed E-state index contributed by atoms with van der Waals surface area (Å²) in [6.07, 6.45) is 0.458. The fourth-order valence-electron chi connectivity index (χ4n) is 1.67. The highest BCUT2D eigenvalue weighted by atomic mass is 35.5. The zero-order chi connectivity index (χ0) is 13.5. The maximum atomic E-state index is 12.1. The van der Waals surface area contributed by atoms with E-state index in [0.717, 1.165) is 5.56 Å². The molecule has 1 aromatic rings. The minimum atomic E-state index is -0.203. The van der Waals surface area contributed by atoms with Crippen LogP contribution in [0.3, 0.4) is 0 Å². The van der Waals surface area contributed by atoms with E-state index in [1.54, 1.807) is 32.2 Å². The summed E-state index contributed by atoms with van der Waals surface area (Å²) < 4.78 is 5.00. The van der Waals surface area contributed by atoms with Crippen LogP contribution in [0.15, 0.2) is 18.2 Å². The van der Waals surface area contributed by atoms with Gasteiger partial charge in [-0.2, -0.15) is 0 Å². The molecule has 0 aromatic heterocycles. The number of hydrogen-bond donors (Lipinski definition) is 2. The molecule has 0 aliphatic carbocycles. The second kappa shape index (κ2) is 7.36. The zero-order valence-corrected chi connectivity index (χ0v) is 11.3. The van der Waals surface area contributed by atoms with Crippen LogP contribution in [0.2, 0.25) is 5.02 Å². The van der Waals surface area contributed by atoms with Gasteiger partial charge in [0.2, 0.25) is 0 Å². The van der Waals surface area contributed by atoms with Crippen LogP contribution in [0.25, 0.3) is 0 Å². The summed E-state index contributed by atoms with van der Waals surface area (Å²) >= 11 is 5.97. The highest BCUT2D eigenvalue weighted by molar-refractivity contribution is 6.31. The first-order valence-corrected chi connectivity index (χ1v) is 6.13. The molecule has 0 bridgehead atoms. The van der Waals surface area contributed by atoms with Crippen molar-refractivity contribution >= 4 is 17.5 Å². The number of aliphatic hydroxyl groups excluding tert-OH is 1. The maximum Gasteiger partial charge on any atom is 0.251 e. The van der Waals surface area contributed by atoms with Crippen molar-refractivity contribution in [2.75, 3.05) is 20.3 Å². The molecule has 0 spiro atoms. The number of halogens is 1. The largest absolute Gasteiger partial charge is 0.396 e. The molecule has 0 aliphatic rings. The Morgan fingerprint density at radius 3 is 2.89 bits per heavy atom. The van der Waals surface area contributed by atoms with E-state index < -0.39 is 0 Å². The molecule has 18 heavy (non-hydrogen) atoms. The Bertz CT molecular complexity index is 403. The summed E-state index contributed by atoms with van der Waals surface area (Å²) in [6, 6.07) is 5.00. The number of carbonyl (C=O) groups excluding carboxylic acids is 1. The monoisotopic (exact) mass is 271 g/mol. The Hall–Kier alpha value is -1.10. The number of hydrogen-bond acceptors (Lipinski definition) is 3. The maximum absolute atomic E-state index is 12.1. The molecule has 0 aliphatic heterocycles. The Kier molecular flexibility index (Phi) is 6.12. The van der Waals surface area contributed by atoms with Crippen molar-refractivity contribution in [3.05, 3.63) is 34.3 Å². The Balaban J connectivity index is 2.77. The smallest absolute Gasteiger partial charge is 0.251 e. The quantitative estimate of drug-likeness (QED) is 0.829. The number of benzene rings is 1. The Labute approximate surface area is 112 Å². The summed E-state index contributed by atoms with van der Waals surface area (Å²) in [7, 11) is 1.56. The van der Waals surface area contributed by atoms with Gasteiger partial charge in [-0.15, -0.1) is 0 Å². The number of methoxy groups -OCH3 is 1. The number of nitrogens with one attached hydrogen (secondary N) is 1. The summed E-state index contributed by atoms with van der Waals surface area (Å²) in [5, 5.41) is 12.3. The van der Waals surface area contributed by atoms with Crippen LogP contribution in [0.5, 0.6) is 0 Å². The van der Waals surface area contributed by atoms with Gasteiger partial charge in [-0.25, -0.2) is 0 Å². The third-order valence-corrected chi connectivity index (χ3v) is 3.10. The van der Waals surface area contributed by atoms with Crippen LogP contribution >= 0.6 is 11.6 Å². The molecule has 0 heterocycles. The van der Waals surface area contributed by atoms with Gasteiger partial charge in [-0.3, -0.25) is 4.79 Å². The highest BCUT2D eigenvalue weighted by Gasteiger charge is 2.15. The molecule has 100 valence electrons. The van der Waals surface area contributed by atoms with Crippen molar-refractivity contribution in [1.82, 2.24) is 5.32 Å². The van der Waals surface area contributed by atoms with Gasteiger partial charge in [0.25, 0.3) is 5.91 Å². The van der Waals surface area contributed by atoms with E-state index in [2.05, 4.69) is 5.32 Å². The predicted molar refractivity (Wildman–Crippen MR) is 71.0 cm³/mol. The molecule has 0 fully saturated rings. The van der Waals surface area contributed by atoms with E-state index in [-0.39, 0.29) is 18.6 Å². The lowest BCUT2D eigenvalue weighted by Crippen LogP contribution is -2.39. The van der Waals surface area contributed by atoms with E-state index in [0.29, 0.717) is 23.6 Å². The summed E-state index contributed by atoms with van der Waals surface area (Å²) in [5.74, 6) is -0.203. The van der Waals surface area contributed by atoms with Crippen LogP contribution in [0, 0.1) is 6.92 Å².